The van der Waals surface area contributed by atoms with Crippen molar-refractivity contribution in [1.82, 2.24) is 5.32 Å². The Morgan fingerprint density at radius 1 is 1.50 bits per heavy atom. The van der Waals surface area contributed by atoms with Crippen LogP contribution in [0, 0.1) is 13.8 Å². The maximum Gasteiger partial charge on any atom is 0.233 e. The van der Waals surface area contributed by atoms with Gasteiger partial charge in [-0.3, -0.25) is 4.79 Å². The molecule has 20 heavy (non-hydrogen) atoms. The zero-order chi connectivity index (χ0) is 14.5. The van der Waals surface area contributed by atoms with Gasteiger partial charge in [0.2, 0.25) is 5.91 Å². The van der Waals surface area contributed by atoms with Gasteiger partial charge in [0.15, 0.2) is 0 Å². The summed E-state index contributed by atoms with van der Waals surface area (Å²) in [6.45, 7) is 7.59. The minimum Gasteiger partial charge on any atom is -0.376 e. The summed E-state index contributed by atoms with van der Waals surface area (Å²) in [7, 11) is 0. The van der Waals surface area contributed by atoms with Crippen LogP contribution in [0.25, 0.3) is 0 Å². The lowest BCUT2D eigenvalue weighted by molar-refractivity contribution is -0.120. The number of benzene rings is 1. The van der Waals surface area contributed by atoms with Gasteiger partial charge in [-0.25, -0.2) is 0 Å². The zero-order valence-corrected chi connectivity index (χ0v) is 13.3. The van der Waals surface area contributed by atoms with Crippen LogP contribution in [0.4, 0.5) is 0 Å². The van der Waals surface area contributed by atoms with Crippen LogP contribution in [0.1, 0.15) is 30.9 Å². The molecule has 1 aromatic carbocycles. The molecule has 1 fully saturated rings. The van der Waals surface area contributed by atoms with Crippen molar-refractivity contribution in [2.45, 2.75) is 49.9 Å². The standard InChI is InChI=1S/C16H23NO2S/c1-11-6-7-15(12(2)9-11)20-13(3)16(18)17-10-14-5-4-8-19-14/h6-7,9,13-14H,4-5,8,10H2,1-3H3,(H,17,18)/t13-,14+/m0/s1. The van der Waals surface area contributed by atoms with Crippen LogP contribution < -0.4 is 5.32 Å². The fraction of sp³-hybridized carbons (Fsp3) is 0.562. The van der Waals surface area contributed by atoms with E-state index in [1.165, 1.54) is 16.0 Å². The topological polar surface area (TPSA) is 38.3 Å². The number of hydrogen-bond acceptors (Lipinski definition) is 3. The Hall–Kier alpha value is -1.00. The molecule has 0 aromatic heterocycles. The third kappa shape index (κ3) is 4.25. The Morgan fingerprint density at radius 2 is 2.30 bits per heavy atom. The number of rotatable bonds is 5. The highest BCUT2D eigenvalue weighted by atomic mass is 32.2. The van der Waals surface area contributed by atoms with Crippen molar-refractivity contribution >= 4 is 17.7 Å². The third-order valence-electron chi connectivity index (χ3n) is 3.53. The van der Waals surface area contributed by atoms with Gasteiger partial charge >= 0.3 is 0 Å². The SMILES string of the molecule is Cc1ccc(S[C@@H](C)C(=O)NC[C@H]2CCCO2)c(C)c1. The summed E-state index contributed by atoms with van der Waals surface area (Å²) in [5.74, 6) is 0.0884. The molecule has 0 bridgehead atoms. The second-order valence-corrected chi connectivity index (χ2v) is 6.79. The van der Waals surface area contributed by atoms with E-state index in [2.05, 4.69) is 37.4 Å². The molecule has 2 atom stereocenters. The maximum absolute atomic E-state index is 12.1. The van der Waals surface area contributed by atoms with E-state index in [9.17, 15) is 4.79 Å². The first-order valence-corrected chi connectivity index (χ1v) is 8.07. The number of carbonyl (C=O) groups excluding carboxylic acids is 1. The molecule has 0 aliphatic carbocycles. The average Bonchev–Trinajstić information content (AvgIpc) is 2.92. The molecule has 2 rings (SSSR count). The molecule has 1 aliphatic rings. The molecule has 0 radical (unpaired) electrons. The lowest BCUT2D eigenvalue weighted by Gasteiger charge is -2.15. The molecular weight excluding hydrogens is 270 g/mol. The molecule has 110 valence electrons. The monoisotopic (exact) mass is 293 g/mol. The smallest absolute Gasteiger partial charge is 0.233 e. The Labute approximate surface area is 125 Å². The van der Waals surface area contributed by atoms with E-state index in [1.807, 2.05) is 6.92 Å². The van der Waals surface area contributed by atoms with Gasteiger partial charge in [-0.1, -0.05) is 17.7 Å². The average molecular weight is 293 g/mol. The van der Waals surface area contributed by atoms with E-state index in [0.717, 1.165) is 19.4 Å². The van der Waals surface area contributed by atoms with Gasteiger partial charge in [0.05, 0.1) is 11.4 Å². The first-order valence-electron chi connectivity index (χ1n) is 7.19. The summed E-state index contributed by atoms with van der Waals surface area (Å²) in [5.41, 5.74) is 2.48. The second kappa shape index (κ2) is 7.14. The van der Waals surface area contributed by atoms with E-state index < -0.39 is 0 Å². The van der Waals surface area contributed by atoms with E-state index in [4.69, 9.17) is 4.74 Å². The van der Waals surface area contributed by atoms with Crippen molar-refractivity contribution in [1.29, 1.82) is 0 Å². The lowest BCUT2D eigenvalue weighted by atomic mass is 10.2. The molecule has 0 saturated carbocycles. The van der Waals surface area contributed by atoms with Crippen LogP contribution in [0.3, 0.4) is 0 Å². The number of amides is 1. The van der Waals surface area contributed by atoms with Gasteiger partial charge in [0.1, 0.15) is 0 Å². The summed E-state index contributed by atoms with van der Waals surface area (Å²) in [6.07, 6.45) is 2.36. The fourth-order valence-corrected chi connectivity index (χ4v) is 3.30. The van der Waals surface area contributed by atoms with Gasteiger partial charge in [0, 0.05) is 18.0 Å². The van der Waals surface area contributed by atoms with Crippen molar-refractivity contribution in [3.63, 3.8) is 0 Å². The number of carbonyl (C=O) groups is 1. The van der Waals surface area contributed by atoms with Crippen LogP contribution in [-0.2, 0) is 9.53 Å². The van der Waals surface area contributed by atoms with Gasteiger partial charge in [0.25, 0.3) is 0 Å². The summed E-state index contributed by atoms with van der Waals surface area (Å²) < 4.78 is 5.51. The Kier molecular flexibility index (Phi) is 5.49. The number of aryl methyl sites for hydroxylation is 2. The molecular formula is C16H23NO2S. The molecule has 3 nitrogen and oxygen atoms in total. The van der Waals surface area contributed by atoms with Crippen molar-refractivity contribution < 1.29 is 9.53 Å². The number of ether oxygens (including phenoxy) is 1. The fourth-order valence-electron chi connectivity index (χ4n) is 2.34. The predicted molar refractivity (Wildman–Crippen MR) is 83.2 cm³/mol. The van der Waals surface area contributed by atoms with Crippen molar-refractivity contribution in [2.75, 3.05) is 13.2 Å². The minimum atomic E-state index is -0.0854. The van der Waals surface area contributed by atoms with Crippen LogP contribution in [0.2, 0.25) is 0 Å². The number of hydrogen-bond donors (Lipinski definition) is 1. The highest BCUT2D eigenvalue weighted by Crippen LogP contribution is 2.27. The van der Waals surface area contributed by atoms with Crippen LogP contribution >= 0.6 is 11.8 Å². The quantitative estimate of drug-likeness (QED) is 0.848. The van der Waals surface area contributed by atoms with E-state index in [-0.39, 0.29) is 17.3 Å². The zero-order valence-electron chi connectivity index (χ0n) is 12.4. The van der Waals surface area contributed by atoms with Crippen LogP contribution in [0.15, 0.2) is 23.1 Å². The molecule has 1 heterocycles. The first kappa shape index (κ1) is 15.4. The largest absolute Gasteiger partial charge is 0.376 e. The number of nitrogens with one attached hydrogen (secondary N) is 1. The van der Waals surface area contributed by atoms with Gasteiger partial charge < -0.3 is 10.1 Å². The molecule has 1 amide bonds. The molecule has 1 N–H and O–H groups in total. The summed E-state index contributed by atoms with van der Waals surface area (Å²) in [5, 5.41) is 2.91. The van der Waals surface area contributed by atoms with Gasteiger partial charge in [-0.2, -0.15) is 0 Å². The Bertz CT molecular complexity index is 470. The summed E-state index contributed by atoms with van der Waals surface area (Å²) in [4.78, 5) is 13.3. The molecule has 1 aromatic rings. The van der Waals surface area contributed by atoms with E-state index >= 15 is 0 Å². The van der Waals surface area contributed by atoms with Gasteiger partial charge in [-0.15, -0.1) is 11.8 Å². The lowest BCUT2D eigenvalue weighted by Crippen LogP contribution is -2.36. The number of thioether (sulfide) groups is 1. The Morgan fingerprint density at radius 3 is 2.95 bits per heavy atom. The van der Waals surface area contributed by atoms with E-state index in [0.29, 0.717) is 6.54 Å². The molecule has 0 spiro atoms. The molecule has 0 unspecified atom stereocenters. The van der Waals surface area contributed by atoms with E-state index in [1.54, 1.807) is 11.8 Å². The Balaban J connectivity index is 1.83. The predicted octanol–water partition coefficient (Wildman–Crippen LogP) is 3.08. The van der Waals surface area contributed by atoms with Crippen LogP contribution in [0.5, 0.6) is 0 Å². The highest BCUT2D eigenvalue weighted by molar-refractivity contribution is 8.00. The highest BCUT2D eigenvalue weighted by Gasteiger charge is 2.19. The van der Waals surface area contributed by atoms with Gasteiger partial charge in [-0.05, 0) is 45.2 Å². The van der Waals surface area contributed by atoms with Crippen molar-refractivity contribution in [2.24, 2.45) is 0 Å². The second-order valence-electron chi connectivity index (χ2n) is 5.41. The molecule has 1 aliphatic heterocycles. The van der Waals surface area contributed by atoms with Crippen LogP contribution in [-0.4, -0.2) is 30.4 Å². The maximum atomic E-state index is 12.1. The first-order chi connectivity index (χ1) is 9.56. The summed E-state index contributed by atoms with van der Waals surface area (Å²) >= 11 is 1.62. The normalized spacial score (nSPS) is 19.9. The third-order valence-corrected chi connectivity index (χ3v) is 4.81. The van der Waals surface area contributed by atoms with Crippen molar-refractivity contribution in [3.05, 3.63) is 29.3 Å². The molecule has 1 saturated heterocycles. The minimum absolute atomic E-state index is 0.0854. The van der Waals surface area contributed by atoms with Crippen molar-refractivity contribution in [3.8, 4) is 0 Å². The molecule has 4 heteroatoms. The summed E-state index contributed by atoms with van der Waals surface area (Å²) in [6, 6.07) is 6.34.